The average molecular weight is 282 g/mol. The maximum absolute atomic E-state index is 12.2. The molecule has 1 saturated heterocycles. The van der Waals surface area contributed by atoms with Gasteiger partial charge in [0.05, 0.1) is 4.88 Å². The summed E-state index contributed by atoms with van der Waals surface area (Å²) in [6, 6.07) is 3.32. The van der Waals surface area contributed by atoms with Crippen LogP contribution in [-0.2, 0) is 4.79 Å². The summed E-state index contributed by atoms with van der Waals surface area (Å²) in [5.41, 5.74) is 0. The maximum atomic E-state index is 12.2. The Labute approximate surface area is 116 Å². The molecule has 0 radical (unpaired) electrons. The molecule has 1 fully saturated rings. The second kappa shape index (κ2) is 5.71. The molecule has 0 bridgehead atoms. The Morgan fingerprint density at radius 3 is 2.37 bits per heavy atom. The molecule has 2 rings (SSSR count). The van der Waals surface area contributed by atoms with Crippen LogP contribution in [0, 0.1) is 6.92 Å². The number of aryl methyl sites for hydroxylation is 1. The zero-order valence-corrected chi connectivity index (χ0v) is 11.9. The number of aliphatic carboxylic acids is 1. The zero-order valence-electron chi connectivity index (χ0n) is 11.1. The molecule has 5 nitrogen and oxygen atoms in total. The highest BCUT2D eigenvalue weighted by Gasteiger charge is 2.27. The van der Waals surface area contributed by atoms with Gasteiger partial charge in [0, 0.05) is 31.1 Å². The first-order valence-electron chi connectivity index (χ1n) is 6.31. The summed E-state index contributed by atoms with van der Waals surface area (Å²) >= 11 is 1.50. The van der Waals surface area contributed by atoms with E-state index in [1.807, 2.05) is 24.0 Å². The summed E-state index contributed by atoms with van der Waals surface area (Å²) in [4.78, 5) is 28.7. The van der Waals surface area contributed by atoms with Gasteiger partial charge in [0.15, 0.2) is 0 Å². The average Bonchev–Trinajstić information content (AvgIpc) is 2.84. The number of carboxylic acids is 1. The van der Waals surface area contributed by atoms with Crippen molar-refractivity contribution < 1.29 is 14.7 Å². The van der Waals surface area contributed by atoms with Gasteiger partial charge in [-0.15, -0.1) is 11.3 Å². The summed E-state index contributed by atoms with van der Waals surface area (Å²) in [5, 5.41) is 8.97. The van der Waals surface area contributed by atoms with Crippen molar-refractivity contribution in [2.75, 3.05) is 26.2 Å². The van der Waals surface area contributed by atoms with Crippen molar-refractivity contribution >= 4 is 23.2 Å². The van der Waals surface area contributed by atoms with Crippen LogP contribution in [0.1, 0.15) is 21.5 Å². The van der Waals surface area contributed by atoms with Crippen LogP contribution in [-0.4, -0.2) is 59.0 Å². The van der Waals surface area contributed by atoms with Gasteiger partial charge in [-0.3, -0.25) is 14.5 Å². The lowest BCUT2D eigenvalue weighted by molar-refractivity contribution is -0.143. The molecular weight excluding hydrogens is 264 g/mol. The summed E-state index contributed by atoms with van der Waals surface area (Å²) in [5.74, 6) is -0.755. The van der Waals surface area contributed by atoms with Crippen LogP contribution in [0.15, 0.2) is 12.1 Å². The van der Waals surface area contributed by atoms with Crippen molar-refractivity contribution in [3.05, 3.63) is 21.9 Å². The molecule has 6 heteroatoms. The molecule has 1 aromatic rings. The van der Waals surface area contributed by atoms with Crippen molar-refractivity contribution in [2.45, 2.75) is 19.9 Å². The molecule has 0 saturated carbocycles. The molecule has 0 unspecified atom stereocenters. The molecule has 1 amide bonds. The first-order valence-corrected chi connectivity index (χ1v) is 7.13. The summed E-state index contributed by atoms with van der Waals surface area (Å²) in [6.45, 7) is 6.07. The minimum absolute atomic E-state index is 0.0562. The molecule has 1 atom stereocenters. The first-order chi connectivity index (χ1) is 8.99. The molecule has 104 valence electrons. The Balaban J connectivity index is 1.93. The third-order valence-corrected chi connectivity index (χ3v) is 4.45. The Morgan fingerprint density at radius 1 is 1.26 bits per heavy atom. The van der Waals surface area contributed by atoms with E-state index in [1.54, 1.807) is 11.8 Å². The van der Waals surface area contributed by atoms with E-state index in [9.17, 15) is 9.59 Å². The van der Waals surface area contributed by atoms with Gasteiger partial charge in [-0.25, -0.2) is 0 Å². The van der Waals surface area contributed by atoms with Gasteiger partial charge < -0.3 is 10.0 Å². The fraction of sp³-hybridized carbons (Fsp3) is 0.538. The second-order valence-electron chi connectivity index (χ2n) is 4.75. The number of amides is 1. The number of piperazine rings is 1. The lowest BCUT2D eigenvalue weighted by atomic mass is 10.2. The van der Waals surface area contributed by atoms with Crippen LogP contribution in [0.4, 0.5) is 0 Å². The minimum atomic E-state index is -0.811. The van der Waals surface area contributed by atoms with E-state index in [1.165, 1.54) is 11.3 Å². The largest absolute Gasteiger partial charge is 0.480 e. The third-order valence-electron chi connectivity index (χ3n) is 3.46. The standard InChI is InChI=1S/C13H18N2O3S/c1-9-3-4-11(19-9)12(16)15-7-5-14(6-8-15)10(2)13(17)18/h3-4,10H,5-8H2,1-2H3,(H,17,18)/t10-/m1/s1. The predicted octanol–water partition coefficient (Wildman–Crippen LogP) is 1.29. The zero-order chi connectivity index (χ0) is 14.0. The Hall–Kier alpha value is -1.40. The van der Waals surface area contributed by atoms with E-state index < -0.39 is 12.0 Å². The minimum Gasteiger partial charge on any atom is -0.480 e. The number of carbonyl (C=O) groups is 2. The van der Waals surface area contributed by atoms with Crippen molar-refractivity contribution in [2.24, 2.45) is 0 Å². The highest BCUT2D eigenvalue weighted by Crippen LogP contribution is 2.18. The number of nitrogens with zero attached hydrogens (tertiary/aromatic N) is 2. The van der Waals surface area contributed by atoms with Gasteiger partial charge in [0.2, 0.25) is 0 Å². The Bertz CT molecular complexity index is 478. The van der Waals surface area contributed by atoms with Crippen LogP contribution in [0.3, 0.4) is 0 Å². The number of hydrogen-bond donors (Lipinski definition) is 1. The SMILES string of the molecule is Cc1ccc(C(=O)N2CCN([C@H](C)C(=O)O)CC2)s1. The fourth-order valence-electron chi connectivity index (χ4n) is 2.17. The van der Waals surface area contributed by atoms with E-state index in [0.717, 1.165) is 9.75 Å². The van der Waals surface area contributed by atoms with Crippen LogP contribution < -0.4 is 0 Å². The molecule has 1 aliphatic heterocycles. The van der Waals surface area contributed by atoms with Gasteiger partial charge in [-0.2, -0.15) is 0 Å². The van der Waals surface area contributed by atoms with Gasteiger partial charge in [0.25, 0.3) is 5.91 Å². The molecule has 0 aromatic carbocycles. The summed E-state index contributed by atoms with van der Waals surface area (Å²) in [6.07, 6.45) is 0. The number of carboxylic acid groups (broad SMARTS) is 1. The smallest absolute Gasteiger partial charge is 0.320 e. The van der Waals surface area contributed by atoms with Gasteiger partial charge in [-0.05, 0) is 26.0 Å². The van der Waals surface area contributed by atoms with Crippen LogP contribution in [0.2, 0.25) is 0 Å². The van der Waals surface area contributed by atoms with Crippen LogP contribution in [0.5, 0.6) is 0 Å². The van der Waals surface area contributed by atoms with Crippen molar-refractivity contribution in [3.8, 4) is 0 Å². The van der Waals surface area contributed by atoms with E-state index in [0.29, 0.717) is 26.2 Å². The highest BCUT2D eigenvalue weighted by atomic mass is 32.1. The van der Waals surface area contributed by atoms with E-state index >= 15 is 0 Å². The monoisotopic (exact) mass is 282 g/mol. The normalized spacial score (nSPS) is 18.3. The molecular formula is C13H18N2O3S. The molecule has 1 N–H and O–H groups in total. The summed E-state index contributed by atoms with van der Waals surface area (Å²) in [7, 11) is 0. The summed E-state index contributed by atoms with van der Waals surface area (Å²) < 4.78 is 0. The van der Waals surface area contributed by atoms with Crippen molar-refractivity contribution in [1.29, 1.82) is 0 Å². The van der Waals surface area contributed by atoms with Gasteiger partial charge in [-0.1, -0.05) is 0 Å². The molecule has 2 heterocycles. The Morgan fingerprint density at radius 2 is 1.89 bits per heavy atom. The second-order valence-corrected chi connectivity index (χ2v) is 6.04. The number of hydrogen-bond acceptors (Lipinski definition) is 4. The topological polar surface area (TPSA) is 60.9 Å². The predicted molar refractivity (Wildman–Crippen MR) is 73.6 cm³/mol. The van der Waals surface area contributed by atoms with Crippen molar-refractivity contribution in [1.82, 2.24) is 9.80 Å². The lowest BCUT2D eigenvalue weighted by Crippen LogP contribution is -2.53. The maximum Gasteiger partial charge on any atom is 0.320 e. The highest BCUT2D eigenvalue weighted by molar-refractivity contribution is 7.13. The molecule has 19 heavy (non-hydrogen) atoms. The van der Waals surface area contributed by atoms with Gasteiger partial charge >= 0.3 is 5.97 Å². The fourth-order valence-corrected chi connectivity index (χ4v) is 3.01. The number of rotatable bonds is 3. The van der Waals surface area contributed by atoms with E-state index in [-0.39, 0.29) is 5.91 Å². The third kappa shape index (κ3) is 3.13. The molecule has 0 aliphatic carbocycles. The molecule has 1 aliphatic rings. The van der Waals surface area contributed by atoms with E-state index in [4.69, 9.17) is 5.11 Å². The van der Waals surface area contributed by atoms with Crippen molar-refractivity contribution in [3.63, 3.8) is 0 Å². The molecule has 0 spiro atoms. The number of thiophene rings is 1. The first kappa shape index (κ1) is 14.0. The van der Waals surface area contributed by atoms with E-state index in [2.05, 4.69) is 0 Å². The number of carbonyl (C=O) groups excluding carboxylic acids is 1. The molecule has 1 aromatic heterocycles. The lowest BCUT2D eigenvalue weighted by Gasteiger charge is -2.36. The van der Waals surface area contributed by atoms with Crippen LogP contribution in [0.25, 0.3) is 0 Å². The van der Waals surface area contributed by atoms with Crippen LogP contribution >= 0.6 is 11.3 Å². The quantitative estimate of drug-likeness (QED) is 0.907. The Kier molecular flexibility index (Phi) is 4.21. The van der Waals surface area contributed by atoms with Gasteiger partial charge in [0.1, 0.15) is 6.04 Å².